The summed E-state index contributed by atoms with van der Waals surface area (Å²) in [5, 5.41) is 9.94. The van der Waals surface area contributed by atoms with Gasteiger partial charge in [-0.1, -0.05) is 30.3 Å². The lowest BCUT2D eigenvalue weighted by Crippen LogP contribution is -3.00. The highest BCUT2D eigenvalue weighted by Gasteiger charge is 2.71. The Morgan fingerprint density at radius 3 is 1.90 bits per heavy atom. The van der Waals surface area contributed by atoms with Crippen LogP contribution < -0.4 is 22.3 Å². The molecule has 78 heavy (non-hydrogen) atoms. The largest absolute Gasteiger partial charge is 1.00 e. The fourth-order valence-corrected chi connectivity index (χ4v) is 12.2. The predicted octanol–water partition coefficient (Wildman–Crippen LogP) is 9.49. The quantitative estimate of drug-likeness (QED) is 0.0302. The van der Waals surface area contributed by atoms with E-state index in [4.69, 9.17) is 9.47 Å². The monoisotopic (exact) mass is 1350 g/mol. The van der Waals surface area contributed by atoms with E-state index in [1.54, 1.807) is 12.1 Å². The number of nitrogens with zero attached hydrogens (tertiary/aromatic N) is 4. The van der Waals surface area contributed by atoms with Crippen molar-refractivity contribution in [3.63, 3.8) is 0 Å². The minimum Gasteiger partial charge on any atom is -1.00 e. The molecule has 1 aliphatic carbocycles. The number of carbonyl (C=O) groups excluding carboxylic acids is 3. The maximum absolute atomic E-state index is 13.7. The smallest absolute Gasteiger partial charge is 0.401 e. The van der Waals surface area contributed by atoms with E-state index in [1.165, 1.54) is 44.1 Å². The molecule has 4 aromatic rings. The third-order valence-electron chi connectivity index (χ3n) is 13.8. The predicted molar refractivity (Wildman–Crippen MR) is 291 cm³/mol. The van der Waals surface area contributed by atoms with E-state index in [0.717, 1.165) is 55.2 Å². The maximum Gasteiger partial charge on any atom is 0.401 e. The number of amides is 3. The second-order valence-corrected chi connectivity index (χ2v) is 25.6. The Labute approximate surface area is 501 Å². The van der Waals surface area contributed by atoms with Crippen LogP contribution in [0.1, 0.15) is 59.4 Å². The van der Waals surface area contributed by atoms with Gasteiger partial charge < -0.3 is 51.2 Å². The van der Waals surface area contributed by atoms with Crippen LogP contribution in [0.3, 0.4) is 0 Å². The lowest BCUT2D eigenvalue weighted by atomic mass is 9.72. The van der Waals surface area contributed by atoms with Gasteiger partial charge in [0.1, 0.15) is 30.4 Å². The topological polar surface area (TPSA) is 131 Å². The van der Waals surface area contributed by atoms with E-state index in [0.29, 0.717) is 59.7 Å². The molecule has 9 rings (SSSR count). The molecule has 0 unspecified atom stereocenters. The number of quaternary nitrogens is 1. The number of morpholine rings is 1. The van der Waals surface area contributed by atoms with Crippen molar-refractivity contribution < 1.29 is 81.2 Å². The molecular formula is C49H59BrCl7F7N6O6S2. The molecule has 3 amide bonds. The van der Waals surface area contributed by atoms with Gasteiger partial charge >= 0.3 is 31.7 Å². The number of H-pyrrole nitrogens is 1. The summed E-state index contributed by atoms with van der Waals surface area (Å²) in [5.41, 5.74) is 2.12. The van der Waals surface area contributed by atoms with E-state index in [-0.39, 0.29) is 46.9 Å². The molecule has 4 aliphatic heterocycles. The number of likely N-dealkylation sites (tertiary alicyclic amines) is 1. The second-order valence-electron chi connectivity index (χ2n) is 19.5. The average Bonchev–Trinajstić information content (AvgIpc) is 3.76. The van der Waals surface area contributed by atoms with Crippen LogP contribution in [0.4, 0.5) is 35.5 Å². The molecule has 1 aromatic carbocycles. The third kappa shape index (κ3) is 18.1. The van der Waals surface area contributed by atoms with Crippen LogP contribution in [0.25, 0.3) is 10.9 Å². The van der Waals surface area contributed by atoms with Crippen molar-refractivity contribution in [1.29, 1.82) is 0 Å². The first-order valence-electron chi connectivity index (χ1n) is 23.9. The number of thiophene rings is 2. The molecule has 3 aromatic heterocycles. The Hall–Kier alpha value is -1.87. The summed E-state index contributed by atoms with van der Waals surface area (Å²) in [6, 6.07) is 14.5. The first-order chi connectivity index (χ1) is 35.6. The number of halogens is 15. The number of rotatable bonds is 13. The number of hydrogen-bond donors (Lipinski definition) is 3. The van der Waals surface area contributed by atoms with Gasteiger partial charge in [0.15, 0.2) is 0 Å². The Kier molecular flexibility index (Phi) is 24.8. The van der Waals surface area contributed by atoms with E-state index in [1.807, 2.05) is 50.0 Å². The van der Waals surface area contributed by atoms with Gasteiger partial charge in [0, 0.05) is 68.1 Å². The highest BCUT2D eigenvalue weighted by molar-refractivity contribution is 7.12. The standard InChI is InChI=1S/C26H37N5O2.C19H22NO4S2.C2Cl2F4.CCl3F.CCl2F2.BrH/c1-5-11-30-17-19(25(32)31(26(33)27-6-2)13-8-12-29(3)4)14-21-20-9-7-10-22-24(20)18(16-28-22)15-23(21)30;1-20(2)12-9-11(10-13(20)17-16(12)24-17)23-18(21)19(22,14-5-3-7-25-14)15-6-4-8-26-15;3-1(5,6)2(4,7)8;2*2-1(3,4)5;/h5,7,9-10,16,19,21,23,28H,1,6,8,11-15,17H2,2-4H3,(H,27,33);3-8,11-13,16-17,22H,9-10H2,1-2H3;;;;1H/q;+1;;;;/p-1/t19-,21-,23-;11-,12-,13+,16-,17+;;;;/m1...../s1. The van der Waals surface area contributed by atoms with E-state index in [2.05, 4.69) is 146 Å². The number of imide groups is 1. The van der Waals surface area contributed by atoms with Crippen molar-refractivity contribution in [2.75, 3.05) is 60.9 Å². The highest BCUT2D eigenvalue weighted by Crippen LogP contribution is 2.52. The number of urea groups is 1. The molecule has 5 aliphatic rings. The number of nitrogens with one attached hydrogen (secondary N) is 2. The van der Waals surface area contributed by atoms with Crippen LogP contribution in [0, 0.1) is 5.92 Å². The van der Waals surface area contributed by atoms with Gasteiger partial charge in [-0.2, -0.15) is 30.7 Å². The number of ether oxygens (including phenoxy) is 2. The lowest BCUT2D eigenvalue weighted by molar-refractivity contribution is -0.938. The van der Waals surface area contributed by atoms with E-state index < -0.39 is 31.2 Å². The van der Waals surface area contributed by atoms with Gasteiger partial charge in [-0.25, -0.2) is 9.59 Å². The lowest BCUT2D eigenvalue weighted by Gasteiger charge is -2.47. The Bertz CT molecular complexity index is 2500. The van der Waals surface area contributed by atoms with Gasteiger partial charge in [0.05, 0.1) is 29.8 Å². The zero-order valence-electron chi connectivity index (χ0n) is 42.5. The number of carbonyl (C=O) groups is 3. The number of aliphatic hydroxyl groups is 1. The second kappa shape index (κ2) is 28.1. The van der Waals surface area contributed by atoms with Crippen LogP contribution in [0.2, 0.25) is 0 Å². The molecule has 4 saturated heterocycles. The fourth-order valence-electron chi connectivity index (χ4n) is 10.5. The van der Waals surface area contributed by atoms with Crippen molar-refractivity contribution in [2.24, 2.45) is 5.92 Å². The molecular weight excluding hydrogens is 1290 g/mol. The van der Waals surface area contributed by atoms with Crippen molar-refractivity contribution >= 4 is 133 Å². The summed E-state index contributed by atoms with van der Waals surface area (Å²) in [5.74, 6) is -0.575. The molecule has 29 heteroatoms. The van der Waals surface area contributed by atoms with Crippen molar-refractivity contribution in [3.05, 3.63) is 93.0 Å². The molecule has 3 N–H and O–H groups in total. The van der Waals surface area contributed by atoms with E-state index >= 15 is 0 Å². The maximum atomic E-state index is 13.7. The van der Waals surface area contributed by atoms with Crippen LogP contribution in [-0.4, -0.2) is 164 Å². The van der Waals surface area contributed by atoms with Crippen molar-refractivity contribution in [1.82, 2.24) is 25.0 Å². The summed E-state index contributed by atoms with van der Waals surface area (Å²) in [4.78, 5) is 46.7. The van der Waals surface area contributed by atoms with Gasteiger partial charge in [0.25, 0.3) is 0 Å². The molecule has 0 spiro atoms. The molecule has 8 atom stereocenters. The van der Waals surface area contributed by atoms with Crippen LogP contribution in [0.15, 0.2) is 72.1 Å². The van der Waals surface area contributed by atoms with E-state index in [9.17, 15) is 50.2 Å². The molecule has 12 nitrogen and oxygen atoms in total. The van der Waals surface area contributed by atoms with Gasteiger partial charge in [0.2, 0.25) is 11.5 Å². The van der Waals surface area contributed by atoms with Crippen molar-refractivity contribution in [2.45, 2.75) is 107 Å². The van der Waals surface area contributed by atoms with Gasteiger partial charge in [-0.15, -0.1) is 29.3 Å². The molecule has 0 saturated carbocycles. The summed E-state index contributed by atoms with van der Waals surface area (Å²) in [6.07, 6.45) is 8.61. The number of benzene rings is 1. The molecule has 2 bridgehead atoms. The number of alkyl halides is 14. The van der Waals surface area contributed by atoms with Crippen LogP contribution >= 0.6 is 104 Å². The normalized spacial score (nSPS) is 23.9. The third-order valence-corrected chi connectivity index (χ3v) is 16.3. The number of epoxide rings is 1. The Morgan fingerprint density at radius 1 is 0.897 bits per heavy atom. The first kappa shape index (κ1) is 68.6. The number of esters is 1. The zero-order chi connectivity index (χ0) is 57.6. The SMILES string of the molecule is C=CCN1C[C@H](C(=O)N(CCCN(C)C)C(=O)NCC)C[C@@H]2c3cccc4[nH]cc(c34)C[C@H]21.C[N+]1(C)[C@@H]2C[C@@H](OC(=O)C(O)(c3cccs3)c3cccs3)C[C@H]1[C@@H]1O[C@@H]12.FC(Cl)(Cl)Cl.FC(F)(Cl)C(F)(F)Cl.FC(F)(Cl)Cl.[Br-]. The summed E-state index contributed by atoms with van der Waals surface area (Å²) >= 11 is 31.4. The molecule has 438 valence electrons. The number of aromatic amines is 1. The Balaban J connectivity index is 0.000000257. The number of fused-ring (bicyclic) bond motifs is 7. The summed E-state index contributed by atoms with van der Waals surface area (Å²) in [6.45, 7) is 9.02. The zero-order valence-corrected chi connectivity index (χ0v) is 51.0. The molecule has 4 fully saturated rings. The van der Waals surface area contributed by atoms with Gasteiger partial charge in [-0.3, -0.25) is 14.6 Å². The highest BCUT2D eigenvalue weighted by atomic mass is 79.9. The summed E-state index contributed by atoms with van der Waals surface area (Å²) < 4.78 is 86.6. The Morgan fingerprint density at radius 2 is 1.44 bits per heavy atom. The molecule has 7 heterocycles. The number of aromatic nitrogens is 1. The minimum absolute atomic E-state index is 0. The molecule has 0 radical (unpaired) electrons. The van der Waals surface area contributed by atoms with Crippen LogP contribution in [0.5, 0.6) is 0 Å². The average molecular weight is 1350 g/mol. The van der Waals surface area contributed by atoms with Crippen LogP contribution in [-0.2, 0) is 31.1 Å². The number of likely N-dealkylation sites (N-methyl/N-ethyl adjacent to an activating group) is 1. The minimum atomic E-state index is -4.66. The fraction of sp³-hybridized carbons (Fsp3) is 0.571. The first-order valence-corrected chi connectivity index (χ1v) is 28.3. The van der Waals surface area contributed by atoms with Gasteiger partial charge in [-0.05, 0) is 168 Å². The summed E-state index contributed by atoms with van der Waals surface area (Å²) in [7, 11) is 8.50. The number of hydrogen-bond acceptors (Lipinski definition) is 10. The number of piperidine rings is 2. The van der Waals surface area contributed by atoms with Crippen molar-refractivity contribution in [3.8, 4) is 0 Å².